The van der Waals surface area contributed by atoms with Crippen molar-refractivity contribution in [3.8, 4) is 0 Å². The molecule has 0 spiro atoms. The first-order chi connectivity index (χ1) is 11.3. The van der Waals surface area contributed by atoms with Gasteiger partial charge in [-0.15, -0.1) is 17.0 Å². The fourth-order valence-electron chi connectivity index (χ4n) is 2.41. The summed E-state index contributed by atoms with van der Waals surface area (Å²) in [5.41, 5.74) is 2.19. The van der Waals surface area contributed by atoms with Gasteiger partial charge < -0.3 is 4.74 Å². The molecule has 3 nitrogen and oxygen atoms in total. The zero-order chi connectivity index (χ0) is 16.1. The summed E-state index contributed by atoms with van der Waals surface area (Å²) in [6.07, 6.45) is 4.12. The number of halogens is 1. The maximum Gasteiger partial charge on any atom is 0.372 e. The molecule has 0 N–H and O–H groups in total. The number of benzene rings is 2. The molecule has 0 aliphatic carbocycles. The van der Waals surface area contributed by atoms with Gasteiger partial charge in [-0.05, 0) is 24.6 Å². The smallest absolute Gasteiger partial charge is 0.372 e. The zero-order valence-electron chi connectivity index (χ0n) is 13.3. The number of carbonyl (C=O) groups excluding carboxylic acids is 1. The van der Waals surface area contributed by atoms with Gasteiger partial charge in [0.25, 0.3) is 5.01 Å². The third kappa shape index (κ3) is 4.30. The first kappa shape index (κ1) is 18.4. The summed E-state index contributed by atoms with van der Waals surface area (Å²) in [6, 6.07) is 18.2. The minimum Gasteiger partial charge on any atom is -0.461 e. The summed E-state index contributed by atoms with van der Waals surface area (Å²) in [5.74, 6) is -0.213. The summed E-state index contributed by atoms with van der Waals surface area (Å²) < 4.78 is 8.27. The molecule has 0 aliphatic rings. The molecule has 0 atom stereocenters. The number of nitrogens with zero attached hydrogens (tertiary/aromatic N) is 1. The van der Waals surface area contributed by atoms with Gasteiger partial charge in [-0.3, -0.25) is 0 Å². The van der Waals surface area contributed by atoms with E-state index in [0.717, 1.165) is 20.8 Å². The number of para-hydroxylation sites is 1. The van der Waals surface area contributed by atoms with Crippen LogP contribution < -0.4 is 4.57 Å². The molecule has 0 radical (unpaired) electrons. The van der Waals surface area contributed by atoms with Crippen LogP contribution in [0.3, 0.4) is 0 Å². The molecule has 0 fully saturated rings. The van der Waals surface area contributed by atoms with Crippen LogP contribution in [0.1, 0.15) is 17.5 Å². The molecule has 0 amide bonds. The summed E-state index contributed by atoms with van der Waals surface area (Å²) in [7, 11) is 0. The molecule has 1 aromatic heterocycles. The molecule has 0 aliphatic heterocycles. The number of rotatable bonds is 5. The van der Waals surface area contributed by atoms with Crippen LogP contribution in [0, 0.1) is 0 Å². The van der Waals surface area contributed by atoms with Crippen LogP contribution >= 0.6 is 28.3 Å². The van der Waals surface area contributed by atoms with Crippen molar-refractivity contribution in [1.82, 2.24) is 0 Å². The van der Waals surface area contributed by atoms with Gasteiger partial charge in [0.15, 0.2) is 0 Å². The van der Waals surface area contributed by atoms with Crippen LogP contribution in [-0.4, -0.2) is 12.6 Å². The molecular formula is C19H19BrNO2S+. The Morgan fingerprint density at radius 2 is 1.79 bits per heavy atom. The summed E-state index contributed by atoms with van der Waals surface area (Å²) in [5, 5.41) is 1.03. The standard InChI is InChI=1S/C19H18NO2S.BrH/c1-2-22-19(21)14-20-16-10-6-7-11-17(16)23-18(20)13-12-15-8-4-3-5-9-15;/h3-13H,2,14H2,1H3;1H/q+1;/b13-12+;. The lowest BCUT2D eigenvalue weighted by Crippen LogP contribution is -2.39. The molecule has 0 saturated heterocycles. The van der Waals surface area contributed by atoms with Crippen molar-refractivity contribution in [2.24, 2.45) is 0 Å². The highest BCUT2D eigenvalue weighted by molar-refractivity contribution is 8.93. The SMILES string of the molecule is Br.CCOC(=O)C[n+]1c(/C=C/c2ccccc2)sc2ccccc21. The fraction of sp³-hybridized carbons (Fsp3) is 0.158. The van der Waals surface area contributed by atoms with E-state index in [0.29, 0.717) is 6.61 Å². The van der Waals surface area contributed by atoms with E-state index in [2.05, 4.69) is 30.4 Å². The first-order valence-corrected chi connectivity index (χ1v) is 8.39. The molecule has 0 saturated carbocycles. The molecule has 124 valence electrons. The van der Waals surface area contributed by atoms with Gasteiger partial charge in [0.1, 0.15) is 4.70 Å². The number of thiazole rings is 1. The maximum atomic E-state index is 11.9. The van der Waals surface area contributed by atoms with Crippen molar-refractivity contribution in [2.75, 3.05) is 6.61 Å². The quantitative estimate of drug-likeness (QED) is 0.462. The lowest BCUT2D eigenvalue weighted by atomic mass is 10.2. The largest absolute Gasteiger partial charge is 0.461 e. The van der Waals surface area contributed by atoms with E-state index in [1.54, 1.807) is 11.3 Å². The van der Waals surface area contributed by atoms with Crippen molar-refractivity contribution in [2.45, 2.75) is 13.5 Å². The highest BCUT2D eigenvalue weighted by atomic mass is 79.9. The zero-order valence-corrected chi connectivity index (χ0v) is 15.9. The van der Waals surface area contributed by atoms with Gasteiger partial charge in [0.05, 0.1) is 6.61 Å². The molecular weight excluding hydrogens is 386 g/mol. The second kappa shape index (κ2) is 8.76. The Bertz CT molecular complexity index is 843. The van der Waals surface area contributed by atoms with Crippen LogP contribution in [0.15, 0.2) is 54.6 Å². The normalized spacial score (nSPS) is 10.7. The fourth-order valence-corrected chi connectivity index (χ4v) is 3.47. The van der Waals surface area contributed by atoms with E-state index >= 15 is 0 Å². The van der Waals surface area contributed by atoms with Gasteiger partial charge in [0, 0.05) is 12.1 Å². The molecule has 3 aromatic rings. The van der Waals surface area contributed by atoms with E-state index in [-0.39, 0.29) is 29.5 Å². The number of aromatic nitrogens is 1. The van der Waals surface area contributed by atoms with E-state index in [4.69, 9.17) is 4.74 Å². The highest BCUT2D eigenvalue weighted by Crippen LogP contribution is 2.22. The van der Waals surface area contributed by atoms with Gasteiger partial charge in [0.2, 0.25) is 12.1 Å². The van der Waals surface area contributed by atoms with E-state index in [9.17, 15) is 4.79 Å². The molecule has 0 unspecified atom stereocenters. The van der Waals surface area contributed by atoms with Crippen LogP contribution in [0.5, 0.6) is 0 Å². The Labute approximate surface area is 156 Å². The van der Waals surface area contributed by atoms with E-state index < -0.39 is 0 Å². The predicted molar refractivity (Wildman–Crippen MR) is 104 cm³/mol. The Hall–Kier alpha value is -1.98. The maximum absolute atomic E-state index is 11.9. The Morgan fingerprint density at radius 3 is 2.54 bits per heavy atom. The molecule has 0 bridgehead atoms. The van der Waals surface area contributed by atoms with Crippen molar-refractivity contribution in [3.63, 3.8) is 0 Å². The van der Waals surface area contributed by atoms with E-state index in [1.807, 2.05) is 47.9 Å². The first-order valence-electron chi connectivity index (χ1n) is 7.58. The molecule has 24 heavy (non-hydrogen) atoms. The molecule has 5 heteroatoms. The average molecular weight is 405 g/mol. The summed E-state index contributed by atoms with van der Waals surface area (Å²) in [6.45, 7) is 2.45. The minimum atomic E-state index is -0.213. The van der Waals surface area contributed by atoms with Gasteiger partial charge in [-0.1, -0.05) is 53.8 Å². The topological polar surface area (TPSA) is 30.2 Å². The number of hydrogen-bond acceptors (Lipinski definition) is 3. The molecule has 3 rings (SSSR count). The van der Waals surface area contributed by atoms with Crippen molar-refractivity contribution < 1.29 is 14.1 Å². The minimum absolute atomic E-state index is 0. The van der Waals surface area contributed by atoms with E-state index in [1.165, 1.54) is 0 Å². The number of hydrogen-bond donors (Lipinski definition) is 0. The van der Waals surface area contributed by atoms with Crippen LogP contribution in [0.4, 0.5) is 0 Å². The van der Waals surface area contributed by atoms with Gasteiger partial charge in [-0.25, -0.2) is 4.79 Å². The second-order valence-corrected chi connectivity index (χ2v) is 6.11. The Kier molecular flexibility index (Phi) is 6.70. The van der Waals surface area contributed by atoms with Crippen LogP contribution in [0.25, 0.3) is 22.4 Å². The second-order valence-electron chi connectivity index (χ2n) is 5.04. The summed E-state index contributed by atoms with van der Waals surface area (Å²) >= 11 is 1.67. The lowest BCUT2D eigenvalue weighted by Gasteiger charge is -1.98. The molecule has 1 heterocycles. The average Bonchev–Trinajstić information content (AvgIpc) is 2.92. The Morgan fingerprint density at radius 1 is 1.08 bits per heavy atom. The number of ether oxygens (including phenoxy) is 1. The Balaban J connectivity index is 0.00000208. The monoisotopic (exact) mass is 404 g/mol. The van der Waals surface area contributed by atoms with Crippen LogP contribution in [-0.2, 0) is 16.1 Å². The third-order valence-corrected chi connectivity index (χ3v) is 4.58. The van der Waals surface area contributed by atoms with Gasteiger partial charge >= 0.3 is 5.97 Å². The molecule has 2 aromatic carbocycles. The lowest BCUT2D eigenvalue weighted by molar-refractivity contribution is -0.657. The van der Waals surface area contributed by atoms with Gasteiger partial charge in [-0.2, -0.15) is 4.57 Å². The van der Waals surface area contributed by atoms with Crippen molar-refractivity contribution >= 4 is 56.7 Å². The number of fused-ring (bicyclic) bond motifs is 1. The third-order valence-electron chi connectivity index (χ3n) is 3.45. The predicted octanol–water partition coefficient (Wildman–Crippen LogP) is 4.50. The number of esters is 1. The number of carbonyl (C=O) groups is 1. The highest BCUT2D eigenvalue weighted by Gasteiger charge is 2.21. The van der Waals surface area contributed by atoms with Crippen molar-refractivity contribution in [1.29, 1.82) is 0 Å². The van der Waals surface area contributed by atoms with Crippen LogP contribution in [0.2, 0.25) is 0 Å². The van der Waals surface area contributed by atoms with Crippen molar-refractivity contribution in [3.05, 3.63) is 65.2 Å². The summed E-state index contributed by atoms with van der Waals surface area (Å²) in [4.78, 5) is 11.9.